The number of aliphatic hydroxyl groups excluding tert-OH is 1. The zero-order chi connectivity index (χ0) is 14.9. The summed E-state index contributed by atoms with van der Waals surface area (Å²) in [7, 11) is 0. The fourth-order valence-corrected chi connectivity index (χ4v) is 2.48. The first-order valence-corrected chi connectivity index (χ1v) is 7.01. The van der Waals surface area contributed by atoms with Crippen molar-refractivity contribution in [2.45, 2.75) is 46.3 Å². The molecule has 1 amide bonds. The van der Waals surface area contributed by atoms with Gasteiger partial charge in [-0.15, -0.1) is 0 Å². The van der Waals surface area contributed by atoms with Gasteiger partial charge >= 0.3 is 0 Å². The van der Waals surface area contributed by atoms with E-state index in [-0.39, 0.29) is 17.4 Å². The highest BCUT2D eigenvalue weighted by atomic mass is 16.5. The molecule has 1 aromatic rings. The van der Waals surface area contributed by atoms with Crippen molar-refractivity contribution in [3.05, 3.63) is 29.3 Å². The number of nitrogens with one attached hydrogen (secondary N) is 1. The van der Waals surface area contributed by atoms with Gasteiger partial charge in [-0.2, -0.15) is 0 Å². The van der Waals surface area contributed by atoms with Gasteiger partial charge in [-0.05, 0) is 23.1 Å². The van der Waals surface area contributed by atoms with Crippen LogP contribution >= 0.6 is 0 Å². The molecule has 1 aliphatic rings. The van der Waals surface area contributed by atoms with E-state index in [1.54, 1.807) is 0 Å². The molecule has 1 aromatic carbocycles. The molecule has 0 aromatic heterocycles. The highest BCUT2D eigenvalue weighted by Gasteiger charge is 2.27. The molecule has 0 saturated carbocycles. The van der Waals surface area contributed by atoms with Crippen molar-refractivity contribution in [3.63, 3.8) is 0 Å². The van der Waals surface area contributed by atoms with Gasteiger partial charge in [0.25, 0.3) is 0 Å². The Bertz CT molecular complexity index is 505. The number of carbonyl (C=O) groups is 1. The molecule has 2 N–H and O–H groups in total. The van der Waals surface area contributed by atoms with Crippen LogP contribution in [0.4, 0.5) is 0 Å². The second-order valence-electron chi connectivity index (χ2n) is 6.46. The van der Waals surface area contributed by atoms with Crippen molar-refractivity contribution in [3.8, 4) is 5.75 Å². The number of carbonyl (C=O) groups excluding carboxylic acids is 1. The molecule has 4 heteroatoms. The Labute approximate surface area is 120 Å². The summed E-state index contributed by atoms with van der Waals surface area (Å²) in [6.07, 6.45) is 0.203. The molecule has 2 rings (SSSR count). The van der Waals surface area contributed by atoms with Gasteiger partial charge in [-0.3, -0.25) is 4.79 Å². The molecule has 0 fully saturated rings. The molecular formula is C16H23NO3. The third kappa shape index (κ3) is 3.12. The van der Waals surface area contributed by atoms with Crippen molar-refractivity contribution in [1.82, 2.24) is 5.32 Å². The molecule has 20 heavy (non-hydrogen) atoms. The average molecular weight is 277 g/mol. The van der Waals surface area contributed by atoms with Gasteiger partial charge in [0.05, 0.1) is 18.8 Å². The molecule has 110 valence electrons. The average Bonchev–Trinajstić information content (AvgIpc) is 2.36. The van der Waals surface area contributed by atoms with Crippen molar-refractivity contribution in [1.29, 1.82) is 0 Å². The van der Waals surface area contributed by atoms with E-state index in [0.29, 0.717) is 6.61 Å². The number of aliphatic hydroxyl groups is 1. The number of benzene rings is 1. The Morgan fingerprint density at radius 3 is 2.75 bits per heavy atom. The number of hydrogen-bond donors (Lipinski definition) is 2. The zero-order valence-electron chi connectivity index (χ0n) is 12.6. The van der Waals surface area contributed by atoms with E-state index >= 15 is 0 Å². The lowest BCUT2D eigenvalue weighted by molar-refractivity contribution is -0.119. The topological polar surface area (TPSA) is 58.6 Å². The SMILES string of the molecule is CC(=O)NC1CCOc2ccc(C(O)C(C)(C)C)cc21. The first kappa shape index (κ1) is 14.9. The maximum absolute atomic E-state index is 11.3. The number of rotatable bonds is 2. The fraction of sp³-hybridized carbons (Fsp3) is 0.562. The second kappa shape index (κ2) is 5.44. The molecule has 1 heterocycles. The molecule has 2 atom stereocenters. The quantitative estimate of drug-likeness (QED) is 0.874. The van der Waals surface area contributed by atoms with Crippen molar-refractivity contribution >= 4 is 5.91 Å². The van der Waals surface area contributed by atoms with E-state index < -0.39 is 6.10 Å². The molecule has 4 nitrogen and oxygen atoms in total. The molecule has 0 bridgehead atoms. The number of fused-ring (bicyclic) bond motifs is 1. The molecule has 0 aliphatic carbocycles. The monoisotopic (exact) mass is 277 g/mol. The Hall–Kier alpha value is -1.55. The highest BCUT2D eigenvalue weighted by molar-refractivity contribution is 5.73. The van der Waals surface area contributed by atoms with Gasteiger partial charge in [-0.1, -0.05) is 26.8 Å². The van der Waals surface area contributed by atoms with Gasteiger partial charge in [0.2, 0.25) is 5.91 Å². The Morgan fingerprint density at radius 1 is 1.45 bits per heavy atom. The summed E-state index contributed by atoms with van der Waals surface area (Å²) < 4.78 is 5.62. The number of hydrogen-bond acceptors (Lipinski definition) is 3. The van der Waals surface area contributed by atoms with Gasteiger partial charge in [0.15, 0.2) is 0 Å². The van der Waals surface area contributed by atoms with Crippen LogP contribution in [0.1, 0.15) is 57.4 Å². The summed E-state index contributed by atoms with van der Waals surface area (Å²) in [4.78, 5) is 11.3. The predicted molar refractivity (Wildman–Crippen MR) is 77.5 cm³/mol. The molecule has 1 aliphatic heterocycles. The zero-order valence-corrected chi connectivity index (χ0v) is 12.6. The van der Waals surface area contributed by atoms with Crippen molar-refractivity contribution in [2.75, 3.05) is 6.61 Å². The highest BCUT2D eigenvalue weighted by Crippen LogP contribution is 2.38. The van der Waals surface area contributed by atoms with E-state index in [9.17, 15) is 9.90 Å². The van der Waals surface area contributed by atoms with Crippen LogP contribution in [0.15, 0.2) is 18.2 Å². The number of ether oxygens (including phenoxy) is 1. The van der Waals surface area contributed by atoms with E-state index in [0.717, 1.165) is 23.3 Å². The molecule has 0 radical (unpaired) electrons. The summed E-state index contributed by atoms with van der Waals surface area (Å²) in [5.74, 6) is 0.740. The van der Waals surface area contributed by atoms with E-state index in [2.05, 4.69) is 5.32 Å². The smallest absolute Gasteiger partial charge is 0.217 e. The lowest BCUT2D eigenvalue weighted by Gasteiger charge is -2.30. The second-order valence-corrected chi connectivity index (χ2v) is 6.46. The Kier molecular flexibility index (Phi) is 4.04. The minimum absolute atomic E-state index is 0.0385. The minimum Gasteiger partial charge on any atom is -0.493 e. The van der Waals surface area contributed by atoms with Crippen molar-refractivity contribution in [2.24, 2.45) is 5.41 Å². The van der Waals surface area contributed by atoms with Crippen LogP contribution in [0.5, 0.6) is 5.75 Å². The number of amides is 1. The van der Waals surface area contributed by atoms with Gasteiger partial charge in [-0.25, -0.2) is 0 Å². The maximum atomic E-state index is 11.3. The predicted octanol–water partition coefficient (Wildman–Crippen LogP) is 2.73. The molecule has 0 saturated heterocycles. The largest absolute Gasteiger partial charge is 0.493 e. The summed E-state index contributed by atoms with van der Waals surface area (Å²) in [6.45, 7) is 8.11. The van der Waals surface area contributed by atoms with Crippen LogP contribution in [-0.2, 0) is 4.79 Å². The van der Waals surface area contributed by atoms with Crippen LogP contribution in [0.25, 0.3) is 0 Å². The minimum atomic E-state index is -0.548. The molecule has 0 spiro atoms. The van der Waals surface area contributed by atoms with Crippen LogP contribution in [0, 0.1) is 5.41 Å². The van der Waals surface area contributed by atoms with Crippen molar-refractivity contribution < 1.29 is 14.6 Å². The Balaban J connectivity index is 2.35. The van der Waals surface area contributed by atoms with Crippen LogP contribution in [0.3, 0.4) is 0 Å². The van der Waals surface area contributed by atoms with Crippen LogP contribution in [0.2, 0.25) is 0 Å². The summed E-state index contributed by atoms with van der Waals surface area (Å²) in [6, 6.07) is 5.69. The van der Waals surface area contributed by atoms with Gasteiger partial charge in [0.1, 0.15) is 5.75 Å². The van der Waals surface area contributed by atoms with Crippen LogP contribution < -0.4 is 10.1 Å². The lowest BCUT2D eigenvalue weighted by atomic mass is 9.83. The van der Waals surface area contributed by atoms with E-state index in [4.69, 9.17) is 4.74 Å². The Morgan fingerprint density at radius 2 is 2.15 bits per heavy atom. The fourth-order valence-electron chi connectivity index (χ4n) is 2.48. The normalized spacial score (nSPS) is 19.8. The van der Waals surface area contributed by atoms with E-state index in [1.165, 1.54) is 6.92 Å². The van der Waals surface area contributed by atoms with Gasteiger partial charge < -0.3 is 15.2 Å². The summed E-state index contributed by atoms with van der Waals surface area (Å²) >= 11 is 0. The maximum Gasteiger partial charge on any atom is 0.217 e. The van der Waals surface area contributed by atoms with Crippen LogP contribution in [-0.4, -0.2) is 17.6 Å². The lowest BCUT2D eigenvalue weighted by Crippen LogP contribution is -2.30. The molecule has 2 unspecified atom stereocenters. The van der Waals surface area contributed by atoms with E-state index in [1.807, 2.05) is 39.0 Å². The molecular weight excluding hydrogens is 254 g/mol. The first-order valence-electron chi connectivity index (χ1n) is 7.01. The summed E-state index contributed by atoms with van der Waals surface area (Å²) in [5, 5.41) is 13.3. The first-order chi connectivity index (χ1) is 9.29. The van der Waals surface area contributed by atoms with Gasteiger partial charge in [0, 0.05) is 18.9 Å². The summed E-state index contributed by atoms with van der Waals surface area (Å²) in [5.41, 5.74) is 1.58. The third-order valence-electron chi connectivity index (χ3n) is 3.59. The standard InChI is InChI=1S/C16H23NO3/c1-10(18)17-13-7-8-20-14-6-5-11(9-12(13)14)15(19)16(2,3)4/h5-6,9,13,15,19H,7-8H2,1-4H3,(H,17,18). The third-order valence-corrected chi connectivity index (χ3v) is 3.59.